The molecular weight excluding hydrogens is 316 g/mol. The van der Waals surface area contributed by atoms with E-state index in [2.05, 4.69) is 15.5 Å². The van der Waals surface area contributed by atoms with Crippen LogP contribution in [0.4, 0.5) is 11.4 Å². The number of rotatable bonds is 7. The van der Waals surface area contributed by atoms with E-state index in [0.717, 1.165) is 19.6 Å². The van der Waals surface area contributed by atoms with Crippen LogP contribution in [0.1, 0.15) is 26.2 Å². The Labute approximate surface area is 150 Å². The van der Waals surface area contributed by atoms with E-state index in [1.807, 2.05) is 44.1 Å². The van der Waals surface area contributed by atoms with Crippen molar-refractivity contribution in [3.8, 4) is 0 Å². The van der Waals surface area contributed by atoms with Gasteiger partial charge >= 0.3 is 0 Å². The van der Waals surface area contributed by atoms with Crippen molar-refractivity contribution in [2.75, 3.05) is 50.9 Å². The molecule has 0 aliphatic carbocycles. The Hall–Kier alpha value is -1.92. The summed E-state index contributed by atoms with van der Waals surface area (Å²) in [6.45, 7) is 5.26. The molecular formula is C19H30N4O2. The van der Waals surface area contributed by atoms with Crippen molar-refractivity contribution in [1.29, 1.82) is 0 Å². The van der Waals surface area contributed by atoms with Crippen LogP contribution in [-0.4, -0.2) is 61.9 Å². The van der Waals surface area contributed by atoms with Crippen LogP contribution in [0, 0.1) is 5.92 Å². The predicted octanol–water partition coefficient (Wildman–Crippen LogP) is 2.25. The highest BCUT2D eigenvalue weighted by atomic mass is 16.2. The number of hydrogen-bond acceptors (Lipinski definition) is 4. The first-order chi connectivity index (χ1) is 11.9. The number of likely N-dealkylation sites (N-methyl/N-ethyl adjacent to an activating group) is 1. The van der Waals surface area contributed by atoms with E-state index in [1.165, 1.54) is 19.3 Å². The van der Waals surface area contributed by atoms with E-state index in [1.54, 1.807) is 6.07 Å². The molecule has 6 nitrogen and oxygen atoms in total. The SMILES string of the molecule is CC(CN1CCCCC1)C(=O)Nc1cccc(NC(=O)CN(C)C)c1. The van der Waals surface area contributed by atoms with Gasteiger partial charge in [0.05, 0.1) is 6.54 Å². The number of anilines is 2. The van der Waals surface area contributed by atoms with Crippen LogP contribution >= 0.6 is 0 Å². The third-order valence-corrected chi connectivity index (χ3v) is 4.30. The van der Waals surface area contributed by atoms with Gasteiger partial charge in [-0.1, -0.05) is 19.4 Å². The average Bonchev–Trinajstić information content (AvgIpc) is 2.55. The minimum atomic E-state index is -0.0769. The third-order valence-electron chi connectivity index (χ3n) is 4.30. The lowest BCUT2D eigenvalue weighted by atomic mass is 10.1. The molecule has 1 unspecified atom stereocenters. The molecule has 2 rings (SSSR count). The molecule has 138 valence electrons. The van der Waals surface area contributed by atoms with Gasteiger partial charge in [0.2, 0.25) is 11.8 Å². The van der Waals surface area contributed by atoms with E-state index in [-0.39, 0.29) is 17.7 Å². The van der Waals surface area contributed by atoms with Crippen molar-refractivity contribution in [3.05, 3.63) is 24.3 Å². The molecule has 1 atom stereocenters. The first-order valence-electron chi connectivity index (χ1n) is 9.02. The largest absolute Gasteiger partial charge is 0.326 e. The van der Waals surface area contributed by atoms with Gasteiger partial charge in [0.25, 0.3) is 0 Å². The van der Waals surface area contributed by atoms with Crippen LogP contribution in [0.3, 0.4) is 0 Å². The van der Waals surface area contributed by atoms with Crippen molar-refractivity contribution < 1.29 is 9.59 Å². The quantitative estimate of drug-likeness (QED) is 0.795. The first kappa shape index (κ1) is 19.4. The molecule has 6 heteroatoms. The molecule has 1 aliphatic heterocycles. The lowest BCUT2D eigenvalue weighted by Crippen LogP contribution is -2.37. The molecule has 1 aromatic carbocycles. The molecule has 1 heterocycles. The maximum absolute atomic E-state index is 12.4. The van der Waals surface area contributed by atoms with Gasteiger partial charge in [0.1, 0.15) is 0 Å². The second-order valence-electron chi connectivity index (χ2n) is 7.12. The monoisotopic (exact) mass is 346 g/mol. The maximum Gasteiger partial charge on any atom is 0.238 e. The smallest absolute Gasteiger partial charge is 0.238 e. The van der Waals surface area contributed by atoms with Gasteiger partial charge in [-0.15, -0.1) is 0 Å². The van der Waals surface area contributed by atoms with Gasteiger partial charge in [-0.25, -0.2) is 0 Å². The third kappa shape index (κ3) is 6.84. The summed E-state index contributed by atoms with van der Waals surface area (Å²) >= 11 is 0. The Balaban J connectivity index is 1.87. The van der Waals surface area contributed by atoms with Gasteiger partial charge in [-0.05, 0) is 58.2 Å². The number of amides is 2. The predicted molar refractivity (Wildman–Crippen MR) is 102 cm³/mol. The molecule has 2 N–H and O–H groups in total. The topological polar surface area (TPSA) is 64.7 Å². The Morgan fingerprint density at radius 1 is 1.12 bits per heavy atom. The second kappa shape index (κ2) is 9.53. The van der Waals surface area contributed by atoms with E-state index in [4.69, 9.17) is 0 Å². The normalized spacial score (nSPS) is 16.5. The van der Waals surface area contributed by atoms with Crippen LogP contribution in [0.2, 0.25) is 0 Å². The van der Waals surface area contributed by atoms with Gasteiger partial charge in [-0.3, -0.25) is 9.59 Å². The van der Waals surface area contributed by atoms with E-state index in [9.17, 15) is 9.59 Å². The molecule has 0 radical (unpaired) electrons. The van der Waals surface area contributed by atoms with Crippen molar-refractivity contribution in [2.24, 2.45) is 5.92 Å². The Morgan fingerprint density at radius 3 is 2.40 bits per heavy atom. The van der Waals surface area contributed by atoms with Crippen molar-refractivity contribution in [3.63, 3.8) is 0 Å². The summed E-state index contributed by atoms with van der Waals surface area (Å²) in [5.41, 5.74) is 1.39. The fourth-order valence-electron chi connectivity index (χ4n) is 3.04. The number of carbonyl (C=O) groups is 2. The van der Waals surface area contributed by atoms with Crippen LogP contribution in [0.15, 0.2) is 24.3 Å². The minimum Gasteiger partial charge on any atom is -0.326 e. The number of carbonyl (C=O) groups excluding carboxylic acids is 2. The Morgan fingerprint density at radius 2 is 1.76 bits per heavy atom. The van der Waals surface area contributed by atoms with Crippen molar-refractivity contribution in [1.82, 2.24) is 9.80 Å². The molecule has 0 bridgehead atoms. The number of benzene rings is 1. The molecule has 25 heavy (non-hydrogen) atoms. The minimum absolute atomic E-state index is 0.0161. The van der Waals surface area contributed by atoms with Crippen LogP contribution in [-0.2, 0) is 9.59 Å². The summed E-state index contributed by atoms with van der Waals surface area (Å²) in [5.74, 6) is -0.126. The molecule has 1 fully saturated rings. The van der Waals surface area contributed by atoms with Gasteiger partial charge in [0, 0.05) is 23.8 Å². The zero-order valence-electron chi connectivity index (χ0n) is 15.5. The maximum atomic E-state index is 12.4. The highest BCUT2D eigenvalue weighted by molar-refractivity contribution is 5.95. The summed E-state index contributed by atoms with van der Waals surface area (Å²) < 4.78 is 0. The van der Waals surface area contributed by atoms with Crippen molar-refractivity contribution >= 4 is 23.2 Å². The highest BCUT2D eigenvalue weighted by Crippen LogP contribution is 2.17. The van der Waals surface area contributed by atoms with Crippen LogP contribution < -0.4 is 10.6 Å². The molecule has 0 aromatic heterocycles. The molecule has 1 saturated heterocycles. The molecule has 2 amide bonds. The Kier molecular flexibility index (Phi) is 7.40. The van der Waals surface area contributed by atoms with Gasteiger partial charge < -0.3 is 20.4 Å². The summed E-state index contributed by atoms with van der Waals surface area (Å²) in [5, 5.41) is 5.80. The zero-order chi connectivity index (χ0) is 18.2. The summed E-state index contributed by atoms with van der Waals surface area (Å²) in [6.07, 6.45) is 3.75. The van der Waals surface area contributed by atoms with E-state index >= 15 is 0 Å². The van der Waals surface area contributed by atoms with E-state index < -0.39 is 0 Å². The summed E-state index contributed by atoms with van der Waals surface area (Å²) in [6, 6.07) is 7.28. The molecule has 0 spiro atoms. The fourth-order valence-corrected chi connectivity index (χ4v) is 3.04. The van der Waals surface area contributed by atoms with E-state index in [0.29, 0.717) is 17.9 Å². The number of nitrogens with one attached hydrogen (secondary N) is 2. The summed E-state index contributed by atoms with van der Waals surface area (Å²) in [4.78, 5) is 28.4. The fraction of sp³-hybridized carbons (Fsp3) is 0.579. The summed E-state index contributed by atoms with van der Waals surface area (Å²) in [7, 11) is 3.69. The van der Waals surface area contributed by atoms with Crippen molar-refractivity contribution in [2.45, 2.75) is 26.2 Å². The Bertz CT molecular complexity index is 583. The van der Waals surface area contributed by atoms with Crippen LogP contribution in [0.5, 0.6) is 0 Å². The number of nitrogens with zero attached hydrogens (tertiary/aromatic N) is 2. The number of piperidine rings is 1. The number of hydrogen-bond donors (Lipinski definition) is 2. The molecule has 1 aliphatic rings. The molecule has 0 saturated carbocycles. The van der Waals surface area contributed by atoms with Crippen LogP contribution in [0.25, 0.3) is 0 Å². The highest BCUT2D eigenvalue weighted by Gasteiger charge is 2.19. The second-order valence-corrected chi connectivity index (χ2v) is 7.12. The van der Waals surface area contributed by atoms with Gasteiger partial charge in [0.15, 0.2) is 0 Å². The standard InChI is InChI=1S/C19H30N4O2/c1-15(13-23-10-5-4-6-11-23)19(25)21-17-9-7-8-16(12-17)20-18(24)14-22(2)3/h7-9,12,15H,4-6,10-11,13-14H2,1-3H3,(H,20,24)(H,21,25). The van der Waals surface area contributed by atoms with Gasteiger partial charge in [-0.2, -0.15) is 0 Å². The average molecular weight is 346 g/mol. The molecule has 1 aromatic rings. The lowest BCUT2D eigenvalue weighted by Gasteiger charge is -2.28. The zero-order valence-corrected chi connectivity index (χ0v) is 15.5. The first-order valence-corrected chi connectivity index (χ1v) is 9.02. The lowest BCUT2D eigenvalue weighted by molar-refractivity contribution is -0.120. The number of likely N-dealkylation sites (tertiary alicyclic amines) is 1.